The van der Waals surface area contributed by atoms with Crippen LogP contribution in [0.3, 0.4) is 0 Å². The molecule has 0 bridgehead atoms. The topological polar surface area (TPSA) is 44.5 Å². The Kier molecular flexibility index (Phi) is 3.81. The fraction of sp³-hybridized carbons (Fsp3) is 1.00. The Bertz CT molecular complexity index is 259. The zero-order chi connectivity index (χ0) is 12.5. The van der Waals surface area contributed by atoms with E-state index in [1.807, 2.05) is 0 Å². The summed E-state index contributed by atoms with van der Waals surface area (Å²) in [5.74, 6) is 0.550. The van der Waals surface area contributed by atoms with Gasteiger partial charge in [0.25, 0.3) is 0 Å². The third kappa shape index (κ3) is 2.38. The largest absolute Gasteiger partial charge is 0.377 e. The van der Waals surface area contributed by atoms with Crippen molar-refractivity contribution >= 4 is 0 Å². The second-order valence-corrected chi connectivity index (χ2v) is 6.03. The Morgan fingerprint density at radius 2 is 2.24 bits per heavy atom. The molecule has 17 heavy (non-hydrogen) atoms. The van der Waals surface area contributed by atoms with Gasteiger partial charge in [0.05, 0.1) is 11.2 Å². The first-order chi connectivity index (χ1) is 8.05. The molecular weight excluding hydrogens is 214 g/mol. The monoisotopic (exact) mass is 241 g/mol. The summed E-state index contributed by atoms with van der Waals surface area (Å²) in [5.41, 5.74) is 6.46. The minimum absolute atomic E-state index is 0.124. The van der Waals surface area contributed by atoms with Crippen LogP contribution in [0.25, 0.3) is 0 Å². The highest BCUT2D eigenvalue weighted by Crippen LogP contribution is 2.46. The second-order valence-electron chi connectivity index (χ2n) is 6.03. The van der Waals surface area contributed by atoms with Crippen molar-refractivity contribution in [2.75, 3.05) is 13.7 Å². The molecule has 1 aliphatic heterocycles. The molecule has 2 aliphatic rings. The van der Waals surface area contributed by atoms with Crippen LogP contribution in [0.4, 0.5) is 0 Å². The average Bonchev–Trinajstić information content (AvgIpc) is 2.35. The smallest absolute Gasteiger partial charge is 0.0801 e. The highest BCUT2D eigenvalue weighted by atomic mass is 16.5. The summed E-state index contributed by atoms with van der Waals surface area (Å²) < 4.78 is 11.6. The summed E-state index contributed by atoms with van der Waals surface area (Å²) >= 11 is 0. The van der Waals surface area contributed by atoms with E-state index in [0.29, 0.717) is 5.92 Å². The maximum Gasteiger partial charge on any atom is 0.0801 e. The number of nitrogens with two attached hydrogens (primary N) is 1. The quantitative estimate of drug-likeness (QED) is 0.822. The number of methoxy groups -OCH3 is 1. The van der Waals surface area contributed by atoms with Crippen molar-refractivity contribution in [2.24, 2.45) is 11.7 Å². The number of hydrogen-bond acceptors (Lipinski definition) is 3. The van der Waals surface area contributed by atoms with E-state index < -0.39 is 0 Å². The molecule has 3 nitrogen and oxygen atoms in total. The summed E-state index contributed by atoms with van der Waals surface area (Å²) in [7, 11) is 1.78. The van der Waals surface area contributed by atoms with Crippen LogP contribution in [0, 0.1) is 5.92 Å². The average molecular weight is 241 g/mol. The van der Waals surface area contributed by atoms with E-state index in [0.717, 1.165) is 25.9 Å². The van der Waals surface area contributed by atoms with Crippen molar-refractivity contribution in [2.45, 2.75) is 69.6 Å². The number of rotatable bonds is 4. The van der Waals surface area contributed by atoms with E-state index >= 15 is 0 Å². The highest BCUT2D eigenvalue weighted by molar-refractivity contribution is 5.00. The fourth-order valence-corrected chi connectivity index (χ4v) is 3.31. The Morgan fingerprint density at radius 3 is 2.71 bits per heavy atom. The van der Waals surface area contributed by atoms with Crippen molar-refractivity contribution in [3.05, 3.63) is 0 Å². The number of hydrogen-bond donors (Lipinski definition) is 1. The normalized spacial score (nSPS) is 32.8. The van der Waals surface area contributed by atoms with E-state index in [-0.39, 0.29) is 17.2 Å². The first-order valence-corrected chi connectivity index (χ1v) is 7.00. The molecule has 0 aromatic rings. The minimum atomic E-state index is -0.188. The van der Waals surface area contributed by atoms with Crippen LogP contribution in [0.2, 0.25) is 0 Å². The summed E-state index contributed by atoms with van der Waals surface area (Å²) in [6.45, 7) is 5.17. The Balaban J connectivity index is 2.01. The number of ether oxygens (including phenoxy) is 2. The fourth-order valence-electron chi connectivity index (χ4n) is 3.31. The van der Waals surface area contributed by atoms with Gasteiger partial charge in [0.2, 0.25) is 0 Å². The van der Waals surface area contributed by atoms with Crippen molar-refractivity contribution in [3.63, 3.8) is 0 Å². The molecule has 1 heterocycles. The maximum atomic E-state index is 6.47. The molecule has 3 unspecified atom stereocenters. The zero-order valence-corrected chi connectivity index (χ0v) is 11.5. The van der Waals surface area contributed by atoms with E-state index in [1.54, 1.807) is 7.11 Å². The molecule has 0 aromatic heterocycles. The van der Waals surface area contributed by atoms with Gasteiger partial charge in [-0.05, 0) is 51.4 Å². The minimum Gasteiger partial charge on any atom is -0.377 e. The predicted molar refractivity (Wildman–Crippen MR) is 68.9 cm³/mol. The van der Waals surface area contributed by atoms with Gasteiger partial charge in [-0.2, -0.15) is 0 Å². The molecule has 2 rings (SSSR count). The molecule has 1 saturated heterocycles. The summed E-state index contributed by atoms with van der Waals surface area (Å²) in [5, 5.41) is 0. The van der Waals surface area contributed by atoms with Crippen LogP contribution in [0.15, 0.2) is 0 Å². The molecule has 0 aromatic carbocycles. The molecule has 1 aliphatic carbocycles. The van der Waals surface area contributed by atoms with Crippen LogP contribution < -0.4 is 5.73 Å². The van der Waals surface area contributed by atoms with Crippen molar-refractivity contribution < 1.29 is 9.47 Å². The van der Waals surface area contributed by atoms with Crippen molar-refractivity contribution in [1.82, 2.24) is 0 Å². The molecule has 2 N–H and O–H groups in total. The molecular formula is C14H27NO2. The third-order valence-electron chi connectivity index (χ3n) is 5.18. The first-order valence-electron chi connectivity index (χ1n) is 7.00. The van der Waals surface area contributed by atoms with Gasteiger partial charge in [-0.3, -0.25) is 0 Å². The van der Waals surface area contributed by atoms with Gasteiger partial charge in [0.1, 0.15) is 0 Å². The van der Waals surface area contributed by atoms with Crippen molar-refractivity contribution in [3.8, 4) is 0 Å². The molecule has 0 radical (unpaired) electrons. The molecule has 2 fully saturated rings. The second kappa shape index (κ2) is 4.87. The third-order valence-corrected chi connectivity index (χ3v) is 5.18. The molecule has 100 valence electrons. The summed E-state index contributed by atoms with van der Waals surface area (Å²) in [4.78, 5) is 0. The van der Waals surface area contributed by atoms with Gasteiger partial charge in [-0.1, -0.05) is 6.92 Å². The summed E-state index contributed by atoms with van der Waals surface area (Å²) in [6.07, 6.45) is 6.96. The standard InChI is InChI=1S/C14H27NO2/c1-4-13(2,16-3)12(15)11-6-9-17-14(10-11)7-5-8-14/h11-12H,4-10,15H2,1-3H3. The Morgan fingerprint density at radius 1 is 1.53 bits per heavy atom. The Hall–Kier alpha value is -0.120. The summed E-state index contributed by atoms with van der Waals surface area (Å²) in [6, 6.07) is 0.124. The van der Waals surface area contributed by atoms with Gasteiger partial charge in [0, 0.05) is 19.8 Å². The van der Waals surface area contributed by atoms with E-state index in [4.69, 9.17) is 15.2 Å². The SMILES string of the molecule is CCC(C)(OC)C(N)C1CCOC2(CCC2)C1. The highest BCUT2D eigenvalue weighted by Gasteiger charge is 2.46. The molecule has 1 saturated carbocycles. The molecule has 3 heteroatoms. The van der Waals surface area contributed by atoms with Gasteiger partial charge >= 0.3 is 0 Å². The van der Waals surface area contributed by atoms with Gasteiger partial charge in [-0.25, -0.2) is 0 Å². The van der Waals surface area contributed by atoms with E-state index in [1.165, 1.54) is 19.3 Å². The first kappa shape index (κ1) is 13.3. The zero-order valence-electron chi connectivity index (χ0n) is 11.5. The molecule has 0 amide bonds. The van der Waals surface area contributed by atoms with Crippen LogP contribution in [0.1, 0.15) is 52.4 Å². The van der Waals surface area contributed by atoms with Crippen LogP contribution >= 0.6 is 0 Å². The van der Waals surface area contributed by atoms with Gasteiger partial charge in [0.15, 0.2) is 0 Å². The van der Waals surface area contributed by atoms with E-state index in [9.17, 15) is 0 Å². The molecule has 3 atom stereocenters. The van der Waals surface area contributed by atoms with Gasteiger partial charge < -0.3 is 15.2 Å². The van der Waals surface area contributed by atoms with Crippen molar-refractivity contribution in [1.29, 1.82) is 0 Å². The van der Waals surface area contributed by atoms with Crippen LogP contribution in [-0.2, 0) is 9.47 Å². The predicted octanol–water partition coefficient (Wildman–Crippen LogP) is 2.48. The lowest BCUT2D eigenvalue weighted by Crippen LogP contribution is -2.56. The van der Waals surface area contributed by atoms with Crippen LogP contribution in [-0.4, -0.2) is 31.0 Å². The maximum absolute atomic E-state index is 6.47. The Labute approximate surface area is 105 Å². The van der Waals surface area contributed by atoms with Gasteiger partial charge in [-0.15, -0.1) is 0 Å². The lowest BCUT2D eigenvalue weighted by molar-refractivity contribution is -0.156. The lowest BCUT2D eigenvalue weighted by Gasteiger charge is -2.50. The lowest BCUT2D eigenvalue weighted by atomic mass is 9.68. The van der Waals surface area contributed by atoms with Crippen LogP contribution in [0.5, 0.6) is 0 Å². The molecule has 1 spiro atoms. The van der Waals surface area contributed by atoms with E-state index in [2.05, 4.69) is 13.8 Å².